The smallest absolute Gasteiger partial charge is 0.268 e. The van der Waals surface area contributed by atoms with Gasteiger partial charge in [-0.1, -0.05) is 0 Å². The molecule has 0 radical (unpaired) electrons. The summed E-state index contributed by atoms with van der Waals surface area (Å²) in [5.74, 6) is 1.40. The lowest BCUT2D eigenvalue weighted by molar-refractivity contribution is 0.483. The van der Waals surface area contributed by atoms with Crippen LogP contribution in [0, 0.1) is 6.92 Å². The minimum atomic E-state index is -0.0982. The Bertz CT molecular complexity index is 517. The van der Waals surface area contributed by atoms with Crippen molar-refractivity contribution in [3.05, 3.63) is 51.0 Å². The highest BCUT2D eigenvalue weighted by Crippen LogP contribution is 2.06. The first-order chi connectivity index (χ1) is 7.18. The molecule has 4 nitrogen and oxygen atoms in total. The normalized spacial score (nSPS) is 10.5. The van der Waals surface area contributed by atoms with E-state index in [4.69, 9.17) is 4.42 Å². The molecule has 0 saturated carbocycles. The van der Waals surface area contributed by atoms with Gasteiger partial charge >= 0.3 is 0 Å². The summed E-state index contributed by atoms with van der Waals surface area (Å²) in [6, 6.07) is 3.62. The van der Waals surface area contributed by atoms with Crippen molar-refractivity contribution in [3.63, 3.8) is 0 Å². The third-order valence-corrected chi connectivity index (χ3v) is 2.64. The number of aromatic nitrogens is 2. The third-order valence-electron chi connectivity index (χ3n) is 2.10. The fourth-order valence-electron chi connectivity index (χ4n) is 1.30. The van der Waals surface area contributed by atoms with Gasteiger partial charge in [-0.15, -0.1) is 0 Å². The zero-order valence-electron chi connectivity index (χ0n) is 8.11. The maximum absolute atomic E-state index is 11.8. The summed E-state index contributed by atoms with van der Waals surface area (Å²) in [6.07, 6.45) is 3.09. The third kappa shape index (κ3) is 2.02. The largest absolute Gasteiger partial charge is 0.467 e. The molecular formula is C10H9BrN2O2. The average Bonchev–Trinajstić information content (AvgIpc) is 2.71. The van der Waals surface area contributed by atoms with E-state index in [9.17, 15) is 4.79 Å². The molecule has 0 aliphatic heterocycles. The topological polar surface area (TPSA) is 48.0 Å². The predicted octanol–water partition coefficient (Wildman–Crippen LogP) is 1.96. The number of furan rings is 1. The molecule has 0 aliphatic carbocycles. The van der Waals surface area contributed by atoms with Crippen molar-refractivity contribution in [1.82, 2.24) is 9.55 Å². The summed E-state index contributed by atoms with van der Waals surface area (Å²) in [6.45, 7) is 2.20. The van der Waals surface area contributed by atoms with Gasteiger partial charge in [0.15, 0.2) is 0 Å². The summed E-state index contributed by atoms with van der Waals surface area (Å²) >= 11 is 3.16. The van der Waals surface area contributed by atoms with E-state index in [2.05, 4.69) is 20.9 Å². The first kappa shape index (κ1) is 10.2. The zero-order valence-corrected chi connectivity index (χ0v) is 9.69. The molecule has 0 N–H and O–H groups in total. The highest BCUT2D eigenvalue weighted by Gasteiger charge is 2.06. The van der Waals surface area contributed by atoms with Crippen LogP contribution in [0.5, 0.6) is 0 Å². The molecule has 0 amide bonds. The van der Waals surface area contributed by atoms with Crippen LogP contribution in [0.2, 0.25) is 0 Å². The van der Waals surface area contributed by atoms with Crippen molar-refractivity contribution in [2.75, 3.05) is 0 Å². The highest BCUT2D eigenvalue weighted by atomic mass is 79.9. The second-order valence-electron chi connectivity index (χ2n) is 3.12. The van der Waals surface area contributed by atoms with E-state index in [-0.39, 0.29) is 5.56 Å². The summed E-state index contributed by atoms with van der Waals surface area (Å²) < 4.78 is 7.20. The van der Waals surface area contributed by atoms with E-state index < -0.39 is 0 Å². The zero-order chi connectivity index (χ0) is 10.8. The SMILES string of the molecule is Cc1ncc(Br)c(=O)n1Cc1ccco1. The van der Waals surface area contributed by atoms with Gasteiger partial charge in [0.25, 0.3) is 5.56 Å². The molecule has 2 aromatic heterocycles. The standard InChI is InChI=1S/C10H9BrN2O2/c1-7-12-5-9(11)10(14)13(7)6-8-3-2-4-15-8/h2-5H,6H2,1H3. The molecule has 0 aromatic carbocycles. The predicted molar refractivity (Wildman–Crippen MR) is 58.7 cm³/mol. The van der Waals surface area contributed by atoms with E-state index in [0.29, 0.717) is 16.8 Å². The molecular weight excluding hydrogens is 260 g/mol. The lowest BCUT2D eigenvalue weighted by atomic mass is 10.4. The molecule has 0 atom stereocenters. The van der Waals surface area contributed by atoms with Crippen molar-refractivity contribution < 1.29 is 4.42 Å². The Kier molecular flexibility index (Phi) is 2.73. The number of hydrogen-bond donors (Lipinski definition) is 0. The Morgan fingerprint density at radius 1 is 1.60 bits per heavy atom. The number of nitrogens with zero attached hydrogens (tertiary/aromatic N) is 2. The van der Waals surface area contributed by atoms with Crippen molar-refractivity contribution in [1.29, 1.82) is 0 Å². The van der Waals surface area contributed by atoms with Crippen LogP contribution < -0.4 is 5.56 Å². The summed E-state index contributed by atoms with van der Waals surface area (Å²) in [7, 11) is 0. The van der Waals surface area contributed by atoms with Crippen LogP contribution in [0.3, 0.4) is 0 Å². The maximum atomic E-state index is 11.8. The van der Waals surface area contributed by atoms with E-state index in [0.717, 1.165) is 5.76 Å². The molecule has 5 heteroatoms. The molecule has 15 heavy (non-hydrogen) atoms. The van der Waals surface area contributed by atoms with Gasteiger partial charge < -0.3 is 4.42 Å². The fraction of sp³-hybridized carbons (Fsp3) is 0.200. The van der Waals surface area contributed by atoms with Crippen LogP contribution in [0.4, 0.5) is 0 Å². The molecule has 2 rings (SSSR count). The minimum absolute atomic E-state index is 0.0982. The van der Waals surface area contributed by atoms with Gasteiger partial charge in [0.05, 0.1) is 12.8 Å². The van der Waals surface area contributed by atoms with E-state index in [1.807, 2.05) is 6.07 Å². The summed E-state index contributed by atoms with van der Waals surface area (Å²) in [5, 5.41) is 0. The van der Waals surface area contributed by atoms with Gasteiger partial charge in [0.2, 0.25) is 0 Å². The molecule has 2 heterocycles. The first-order valence-corrected chi connectivity index (χ1v) is 5.22. The molecule has 78 valence electrons. The second kappa shape index (κ2) is 4.02. The molecule has 0 saturated heterocycles. The molecule has 0 unspecified atom stereocenters. The summed E-state index contributed by atoms with van der Waals surface area (Å²) in [4.78, 5) is 15.8. The van der Waals surface area contributed by atoms with E-state index in [1.54, 1.807) is 23.8 Å². The van der Waals surface area contributed by atoms with Crippen molar-refractivity contribution in [2.45, 2.75) is 13.5 Å². The monoisotopic (exact) mass is 268 g/mol. The maximum Gasteiger partial charge on any atom is 0.268 e. The van der Waals surface area contributed by atoms with Gasteiger partial charge in [-0.2, -0.15) is 0 Å². The van der Waals surface area contributed by atoms with Gasteiger partial charge in [-0.05, 0) is 35.0 Å². The van der Waals surface area contributed by atoms with Crippen LogP contribution in [0.15, 0.2) is 38.3 Å². The Morgan fingerprint density at radius 3 is 3.07 bits per heavy atom. The van der Waals surface area contributed by atoms with Gasteiger partial charge in [-0.3, -0.25) is 9.36 Å². The molecule has 0 spiro atoms. The fourth-order valence-corrected chi connectivity index (χ4v) is 1.61. The van der Waals surface area contributed by atoms with Crippen LogP contribution in [0.25, 0.3) is 0 Å². The Morgan fingerprint density at radius 2 is 2.40 bits per heavy atom. The van der Waals surface area contributed by atoms with Gasteiger partial charge in [-0.25, -0.2) is 4.98 Å². The number of halogens is 1. The molecule has 0 fully saturated rings. The Hall–Kier alpha value is -1.36. The number of aryl methyl sites for hydroxylation is 1. The molecule has 0 bridgehead atoms. The quantitative estimate of drug-likeness (QED) is 0.837. The van der Waals surface area contributed by atoms with Crippen LogP contribution in [-0.2, 0) is 6.54 Å². The molecule has 0 aliphatic rings. The first-order valence-electron chi connectivity index (χ1n) is 4.43. The van der Waals surface area contributed by atoms with E-state index >= 15 is 0 Å². The second-order valence-corrected chi connectivity index (χ2v) is 3.98. The van der Waals surface area contributed by atoms with Gasteiger partial charge in [0.1, 0.15) is 16.1 Å². The molecule has 2 aromatic rings. The highest BCUT2D eigenvalue weighted by molar-refractivity contribution is 9.10. The minimum Gasteiger partial charge on any atom is -0.467 e. The summed E-state index contributed by atoms with van der Waals surface area (Å²) in [5.41, 5.74) is -0.0982. The van der Waals surface area contributed by atoms with Crippen LogP contribution in [0.1, 0.15) is 11.6 Å². The van der Waals surface area contributed by atoms with Gasteiger partial charge in [0, 0.05) is 6.20 Å². The van der Waals surface area contributed by atoms with Crippen LogP contribution >= 0.6 is 15.9 Å². The Balaban J connectivity index is 2.44. The lowest BCUT2D eigenvalue weighted by Gasteiger charge is -2.06. The number of hydrogen-bond acceptors (Lipinski definition) is 3. The number of rotatable bonds is 2. The van der Waals surface area contributed by atoms with E-state index in [1.165, 1.54) is 6.20 Å². The van der Waals surface area contributed by atoms with Crippen molar-refractivity contribution >= 4 is 15.9 Å². The average molecular weight is 269 g/mol. The Labute approximate surface area is 94.7 Å². The van der Waals surface area contributed by atoms with Crippen molar-refractivity contribution in [2.24, 2.45) is 0 Å². The van der Waals surface area contributed by atoms with Crippen molar-refractivity contribution in [3.8, 4) is 0 Å². The lowest BCUT2D eigenvalue weighted by Crippen LogP contribution is -2.24. The van der Waals surface area contributed by atoms with Crippen LogP contribution in [-0.4, -0.2) is 9.55 Å².